The smallest absolute Gasteiger partial charge is 0.271 e. The van der Waals surface area contributed by atoms with Gasteiger partial charge >= 0.3 is 0 Å². The summed E-state index contributed by atoms with van der Waals surface area (Å²) in [5, 5.41) is 1.60. The minimum atomic E-state index is -3.78. The van der Waals surface area contributed by atoms with Crippen LogP contribution in [0.2, 0.25) is 0 Å². The van der Waals surface area contributed by atoms with Gasteiger partial charge in [0.25, 0.3) is 15.0 Å². The van der Waals surface area contributed by atoms with Gasteiger partial charge in [0.05, 0.1) is 5.56 Å². The summed E-state index contributed by atoms with van der Waals surface area (Å²) in [5.74, 6) is -0.0813. The average molecular weight is 336 g/mol. The molecule has 112 valence electrons. The Hall–Kier alpha value is -0.590. The minimum Gasteiger partial charge on any atom is -0.333 e. The average Bonchev–Trinajstić information content (AvgIpc) is 2.91. The van der Waals surface area contributed by atoms with Gasteiger partial charge in [-0.2, -0.15) is 0 Å². The van der Waals surface area contributed by atoms with Crippen LogP contribution in [0.15, 0.2) is 9.59 Å². The van der Waals surface area contributed by atoms with Gasteiger partial charge in [-0.3, -0.25) is 4.79 Å². The molecule has 20 heavy (non-hydrogen) atoms. The number of thiophene rings is 1. The lowest BCUT2D eigenvalue weighted by Gasteiger charge is -2.28. The van der Waals surface area contributed by atoms with Crippen LogP contribution in [0.5, 0.6) is 0 Å². The van der Waals surface area contributed by atoms with Crippen LogP contribution < -0.4 is 0 Å². The van der Waals surface area contributed by atoms with E-state index in [0.717, 1.165) is 30.6 Å². The SMILES string of the molecule is CCC1CCC(C)N1C(=O)c1csc(S(=O)(=O)Cl)c1C. The molecule has 1 aliphatic rings. The van der Waals surface area contributed by atoms with Crippen molar-refractivity contribution in [2.24, 2.45) is 0 Å². The lowest BCUT2D eigenvalue weighted by Crippen LogP contribution is -2.39. The molecule has 1 aromatic heterocycles. The van der Waals surface area contributed by atoms with Crippen molar-refractivity contribution in [3.63, 3.8) is 0 Å². The summed E-state index contributed by atoms with van der Waals surface area (Å²) < 4.78 is 23.0. The first kappa shape index (κ1) is 15.8. The standard InChI is InChI=1S/C13H18ClNO3S2/c1-4-10-6-5-8(2)15(10)12(16)11-7-19-13(9(11)3)20(14,17)18/h7-8,10H,4-6H2,1-3H3. The lowest BCUT2D eigenvalue weighted by molar-refractivity contribution is 0.0676. The second-order valence-electron chi connectivity index (χ2n) is 5.20. The van der Waals surface area contributed by atoms with Crippen molar-refractivity contribution in [3.05, 3.63) is 16.5 Å². The van der Waals surface area contributed by atoms with Crippen molar-refractivity contribution in [3.8, 4) is 0 Å². The molecule has 2 atom stereocenters. The molecule has 1 amide bonds. The van der Waals surface area contributed by atoms with E-state index in [1.807, 2.05) is 11.8 Å². The fourth-order valence-corrected chi connectivity index (χ4v) is 5.37. The van der Waals surface area contributed by atoms with Gasteiger partial charge in [-0.05, 0) is 38.7 Å². The van der Waals surface area contributed by atoms with Gasteiger partial charge in [0.2, 0.25) is 0 Å². The largest absolute Gasteiger partial charge is 0.333 e. The molecule has 4 nitrogen and oxygen atoms in total. The Balaban J connectivity index is 2.37. The highest BCUT2D eigenvalue weighted by Crippen LogP contribution is 2.33. The predicted molar refractivity (Wildman–Crippen MR) is 81.0 cm³/mol. The quantitative estimate of drug-likeness (QED) is 0.796. The monoisotopic (exact) mass is 335 g/mol. The molecular weight excluding hydrogens is 318 g/mol. The zero-order valence-electron chi connectivity index (χ0n) is 11.7. The topological polar surface area (TPSA) is 54.5 Å². The number of hydrogen-bond acceptors (Lipinski definition) is 4. The van der Waals surface area contributed by atoms with Gasteiger partial charge < -0.3 is 4.90 Å². The van der Waals surface area contributed by atoms with Crippen molar-refractivity contribution in [2.75, 3.05) is 0 Å². The Kier molecular flexibility index (Phi) is 4.47. The molecule has 0 N–H and O–H groups in total. The van der Waals surface area contributed by atoms with Crippen LogP contribution in [0.1, 0.15) is 49.0 Å². The summed E-state index contributed by atoms with van der Waals surface area (Å²) in [6.07, 6.45) is 2.92. The molecule has 0 aliphatic carbocycles. The van der Waals surface area contributed by atoms with E-state index in [1.54, 1.807) is 12.3 Å². The van der Waals surface area contributed by atoms with E-state index < -0.39 is 9.05 Å². The van der Waals surface area contributed by atoms with Crippen LogP contribution in [-0.2, 0) is 9.05 Å². The Morgan fingerprint density at radius 2 is 2.15 bits per heavy atom. The molecular formula is C13H18ClNO3S2. The van der Waals surface area contributed by atoms with Crippen LogP contribution in [-0.4, -0.2) is 31.3 Å². The fraction of sp³-hybridized carbons (Fsp3) is 0.615. The number of nitrogens with zero attached hydrogens (tertiary/aromatic N) is 1. The Morgan fingerprint density at radius 1 is 1.50 bits per heavy atom. The van der Waals surface area contributed by atoms with Crippen LogP contribution in [0.4, 0.5) is 0 Å². The van der Waals surface area contributed by atoms with E-state index in [4.69, 9.17) is 10.7 Å². The minimum absolute atomic E-state index is 0.0717. The molecule has 0 spiro atoms. The number of amides is 1. The third-order valence-corrected chi connectivity index (χ3v) is 7.24. The number of carbonyl (C=O) groups excluding carboxylic acids is 1. The molecule has 0 bridgehead atoms. The molecule has 2 heterocycles. The lowest BCUT2D eigenvalue weighted by atomic mass is 10.1. The van der Waals surface area contributed by atoms with Gasteiger partial charge in [-0.1, -0.05) is 6.92 Å². The van der Waals surface area contributed by atoms with E-state index in [1.165, 1.54) is 0 Å². The maximum absolute atomic E-state index is 12.7. The molecule has 0 saturated carbocycles. The molecule has 2 unspecified atom stereocenters. The summed E-state index contributed by atoms with van der Waals surface area (Å²) in [6, 6.07) is 0.440. The molecule has 0 aromatic carbocycles. The fourth-order valence-electron chi connectivity index (χ4n) is 2.83. The van der Waals surface area contributed by atoms with E-state index in [-0.39, 0.29) is 22.2 Å². The second kappa shape index (κ2) is 5.66. The predicted octanol–water partition coefficient (Wildman–Crippen LogP) is 3.39. The normalized spacial score (nSPS) is 23.3. The molecule has 1 fully saturated rings. The van der Waals surface area contributed by atoms with Crippen molar-refractivity contribution in [1.82, 2.24) is 4.90 Å². The summed E-state index contributed by atoms with van der Waals surface area (Å²) in [6.45, 7) is 5.74. The zero-order valence-corrected chi connectivity index (χ0v) is 14.1. The van der Waals surface area contributed by atoms with E-state index in [2.05, 4.69) is 6.92 Å². The second-order valence-corrected chi connectivity index (χ2v) is 8.84. The van der Waals surface area contributed by atoms with Crippen molar-refractivity contribution in [1.29, 1.82) is 0 Å². The number of hydrogen-bond donors (Lipinski definition) is 0. The number of carbonyl (C=O) groups is 1. The van der Waals surface area contributed by atoms with E-state index in [0.29, 0.717) is 11.1 Å². The van der Waals surface area contributed by atoms with Gasteiger partial charge in [0, 0.05) is 28.1 Å². The van der Waals surface area contributed by atoms with Gasteiger partial charge in [-0.15, -0.1) is 11.3 Å². The Bertz CT molecular complexity index is 624. The Labute approximate surface area is 128 Å². The molecule has 2 rings (SSSR count). The summed E-state index contributed by atoms with van der Waals surface area (Å²) >= 11 is 1.01. The van der Waals surface area contributed by atoms with Crippen molar-refractivity contribution < 1.29 is 13.2 Å². The van der Waals surface area contributed by atoms with Crippen LogP contribution in [0.25, 0.3) is 0 Å². The third kappa shape index (κ3) is 2.73. The summed E-state index contributed by atoms with van der Waals surface area (Å²) in [7, 11) is 1.60. The number of rotatable bonds is 3. The summed E-state index contributed by atoms with van der Waals surface area (Å²) in [5.41, 5.74) is 0.922. The molecule has 7 heteroatoms. The van der Waals surface area contributed by atoms with Crippen LogP contribution >= 0.6 is 22.0 Å². The summed E-state index contributed by atoms with van der Waals surface area (Å²) in [4.78, 5) is 14.6. The molecule has 0 radical (unpaired) electrons. The van der Waals surface area contributed by atoms with Crippen molar-refractivity contribution >= 4 is 37.0 Å². The first-order valence-electron chi connectivity index (χ1n) is 6.62. The van der Waals surface area contributed by atoms with Crippen LogP contribution in [0.3, 0.4) is 0 Å². The third-order valence-electron chi connectivity index (χ3n) is 3.94. The maximum atomic E-state index is 12.7. The molecule has 1 aromatic rings. The van der Waals surface area contributed by atoms with E-state index >= 15 is 0 Å². The van der Waals surface area contributed by atoms with Gasteiger partial charge in [0.15, 0.2) is 0 Å². The highest BCUT2D eigenvalue weighted by molar-refractivity contribution is 8.15. The maximum Gasteiger partial charge on any atom is 0.271 e. The first-order chi connectivity index (χ1) is 9.27. The number of likely N-dealkylation sites (tertiary alicyclic amines) is 1. The van der Waals surface area contributed by atoms with Crippen LogP contribution in [0, 0.1) is 6.92 Å². The zero-order chi connectivity index (χ0) is 15.1. The molecule has 1 aliphatic heterocycles. The molecule has 1 saturated heterocycles. The van der Waals surface area contributed by atoms with Gasteiger partial charge in [-0.25, -0.2) is 8.42 Å². The Morgan fingerprint density at radius 3 is 2.65 bits per heavy atom. The van der Waals surface area contributed by atoms with Gasteiger partial charge in [0.1, 0.15) is 4.21 Å². The highest BCUT2D eigenvalue weighted by atomic mass is 35.7. The number of halogens is 1. The first-order valence-corrected chi connectivity index (χ1v) is 9.81. The van der Waals surface area contributed by atoms with Crippen molar-refractivity contribution in [2.45, 2.75) is 56.3 Å². The highest BCUT2D eigenvalue weighted by Gasteiger charge is 2.35. The van der Waals surface area contributed by atoms with E-state index in [9.17, 15) is 13.2 Å².